The second-order valence-corrected chi connectivity index (χ2v) is 15.3. The Labute approximate surface area is 296 Å². The Hall–Kier alpha value is -0.950. The molecule has 0 aromatic heterocycles. The lowest BCUT2D eigenvalue weighted by molar-refractivity contribution is -0.161. The molecule has 286 valence electrons. The predicted molar refractivity (Wildman–Crippen MR) is 198 cm³/mol. The number of hydrogen-bond acceptors (Lipinski definition) is 7. The van der Waals surface area contributed by atoms with Gasteiger partial charge in [-0.15, -0.1) is 0 Å². The molecular weight excluding hydrogens is 627 g/mol. The van der Waals surface area contributed by atoms with Crippen molar-refractivity contribution in [2.24, 2.45) is 0 Å². The summed E-state index contributed by atoms with van der Waals surface area (Å²) in [4.78, 5) is 34.4. The highest BCUT2D eigenvalue weighted by atomic mass is 31.2. The van der Waals surface area contributed by atoms with E-state index in [1.807, 2.05) is 0 Å². The maximum Gasteiger partial charge on any atom is 0.472 e. The number of phosphoric ester groups is 1. The average molecular weight is 705 g/mol. The molecule has 0 aromatic carbocycles. The van der Waals surface area contributed by atoms with Gasteiger partial charge in [0.05, 0.1) is 6.61 Å². The van der Waals surface area contributed by atoms with Crippen molar-refractivity contribution in [3.8, 4) is 0 Å². The van der Waals surface area contributed by atoms with Gasteiger partial charge in [-0.05, 0) is 12.8 Å². The van der Waals surface area contributed by atoms with Crippen LogP contribution in [0.4, 0.5) is 0 Å². The lowest BCUT2D eigenvalue weighted by Gasteiger charge is -2.19. The molecule has 48 heavy (non-hydrogen) atoms. The second-order valence-electron chi connectivity index (χ2n) is 13.8. The zero-order valence-electron chi connectivity index (χ0n) is 31.7. The summed E-state index contributed by atoms with van der Waals surface area (Å²) in [7, 11) is -3.18. The van der Waals surface area contributed by atoms with Crippen LogP contribution in [0.3, 0.4) is 0 Å². The van der Waals surface area contributed by atoms with Crippen LogP contribution in [-0.2, 0) is 32.7 Å². The molecule has 8 nitrogen and oxygen atoms in total. The third-order valence-corrected chi connectivity index (χ3v) is 10.0. The van der Waals surface area contributed by atoms with E-state index >= 15 is 0 Å². The second kappa shape index (κ2) is 35.9. The van der Waals surface area contributed by atoms with Gasteiger partial charge in [-0.1, -0.05) is 187 Å². The molecule has 1 N–H and O–H groups in total. The number of hydrogen-bond donors (Lipinski definition) is 1. The van der Waals surface area contributed by atoms with Crippen molar-refractivity contribution in [2.75, 3.05) is 20.3 Å². The van der Waals surface area contributed by atoms with E-state index in [9.17, 15) is 19.0 Å². The first-order valence-electron chi connectivity index (χ1n) is 20.2. The van der Waals surface area contributed by atoms with Crippen LogP contribution in [-0.4, -0.2) is 43.3 Å². The molecule has 0 rings (SSSR count). The first-order valence-corrected chi connectivity index (χ1v) is 21.7. The molecule has 0 aliphatic rings. The predicted octanol–water partition coefficient (Wildman–Crippen LogP) is 12.3. The van der Waals surface area contributed by atoms with E-state index in [1.165, 1.54) is 148 Å². The van der Waals surface area contributed by atoms with Crippen LogP contribution in [0, 0.1) is 0 Å². The number of esters is 2. The molecule has 0 amide bonds. The van der Waals surface area contributed by atoms with Crippen LogP contribution in [0.2, 0.25) is 0 Å². The minimum atomic E-state index is -4.25. The summed E-state index contributed by atoms with van der Waals surface area (Å²) in [5.74, 6) is -0.789. The topological polar surface area (TPSA) is 108 Å². The molecule has 0 aliphatic carbocycles. The van der Waals surface area contributed by atoms with Gasteiger partial charge in [0.2, 0.25) is 0 Å². The van der Waals surface area contributed by atoms with Crippen LogP contribution in [0.15, 0.2) is 0 Å². The SMILES string of the molecule is CCCCCCCCCCCCCCCCCC(=O)OC(COC(=O)CCCCCCCCCCCCCCCC)COP(=O)(O)OC. The molecule has 0 heterocycles. The first-order chi connectivity index (χ1) is 23.3. The third kappa shape index (κ3) is 34.9. The number of phosphoric acid groups is 1. The van der Waals surface area contributed by atoms with Gasteiger partial charge >= 0.3 is 19.8 Å². The molecule has 2 atom stereocenters. The van der Waals surface area contributed by atoms with E-state index in [-0.39, 0.29) is 19.0 Å². The van der Waals surface area contributed by atoms with E-state index in [4.69, 9.17) is 14.0 Å². The zero-order valence-corrected chi connectivity index (χ0v) is 32.6. The lowest BCUT2D eigenvalue weighted by atomic mass is 10.0. The van der Waals surface area contributed by atoms with Gasteiger partial charge in [0.25, 0.3) is 0 Å². The Morgan fingerprint density at radius 2 is 0.812 bits per heavy atom. The number of carbonyl (C=O) groups excluding carboxylic acids is 2. The summed E-state index contributed by atoms with van der Waals surface area (Å²) in [6.45, 7) is 3.91. The summed E-state index contributed by atoms with van der Waals surface area (Å²) in [6.07, 6.45) is 35.7. The number of carbonyl (C=O) groups is 2. The molecule has 2 unspecified atom stereocenters. The van der Waals surface area contributed by atoms with Gasteiger partial charge in [0, 0.05) is 20.0 Å². The number of unbranched alkanes of at least 4 members (excludes halogenated alkanes) is 27. The smallest absolute Gasteiger partial charge is 0.462 e. The quantitative estimate of drug-likeness (QED) is 0.0384. The van der Waals surface area contributed by atoms with Gasteiger partial charge in [0.1, 0.15) is 6.61 Å². The minimum absolute atomic E-state index is 0.217. The molecule has 0 aromatic rings. The minimum Gasteiger partial charge on any atom is -0.462 e. The maximum atomic E-state index is 12.5. The highest BCUT2D eigenvalue weighted by molar-refractivity contribution is 7.47. The Kier molecular flexibility index (Phi) is 35.2. The lowest BCUT2D eigenvalue weighted by Crippen LogP contribution is -2.29. The van der Waals surface area contributed by atoms with E-state index in [0.717, 1.165) is 45.6 Å². The Morgan fingerprint density at radius 3 is 1.15 bits per heavy atom. The van der Waals surface area contributed by atoms with Crippen molar-refractivity contribution in [1.82, 2.24) is 0 Å². The molecular formula is C39H77O8P. The molecule has 0 saturated carbocycles. The van der Waals surface area contributed by atoms with Gasteiger partial charge in [-0.3, -0.25) is 18.6 Å². The Bertz CT molecular complexity index is 762. The van der Waals surface area contributed by atoms with Crippen molar-refractivity contribution in [3.05, 3.63) is 0 Å². The van der Waals surface area contributed by atoms with Gasteiger partial charge in [0.15, 0.2) is 6.10 Å². The van der Waals surface area contributed by atoms with Crippen LogP contribution in [0.25, 0.3) is 0 Å². The first kappa shape index (κ1) is 47.0. The molecule has 0 saturated heterocycles. The molecule has 0 spiro atoms. The molecule has 0 fully saturated rings. The molecule has 9 heteroatoms. The van der Waals surface area contributed by atoms with Gasteiger partial charge in [-0.2, -0.15) is 0 Å². The maximum absolute atomic E-state index is 12.5. The summed E-state index contributed by atoms with van der Waals surface area (Å²) in [5, 5.41) is 0. The van der Waals surface area contributed by atoms with Gasteiger partial charge < -0.3 is 14.4 Å². The summed E-state index contributed by atoms with van der Waals surface area (Å²) in [5.41, 5.74) is 0. The monoisotopic (exact) mass is 705 g/mol. The van der Waals surface area contributed by atoms with Crippen LogP contribution >= 0.6 is 7.82 Å². The van der Waals surface area contributed by atoms with Crippen molar-refractivity contribution in [2.45, 2.75) is 219 Å². The Morgan fingerprint density at radius 1 is 0.500 bits per heavy atom. The highest BCUT2D eigenvalue weighted by Crippen LogP contribution is 2.42. The average Bonchev–Trinajstić information content (AvgIpc) is 3.07. The largest absolute Gasteiger partial charge is 0.472 e. The van der Waals surface area contributed by atoms with Gasteiger partial charge in [-0.25, -0.2) is 4.57 Å². The highest BCUT2D eigenvalue weighted by Gasteiger charge is 2.24. The number of rotatable bonds is 38. The van der Waals surface area contributed by atoms with Crippen molar-refractivity contribution < 1.29 is 37.6 Å². The Balaban J connectivity index is 3.98. The number of ether oxygens (including phenoxy) is 2. The van der Waals surface area contributed by atoms with Crippen LogP contribution in [0.5, 0.6) is 0 Å². The van der Waals surface area contributed by atoms with Crippen LogP contribution < -0.4 is 0 Å². The summed E-state index contributed by atoms with van der Waals surface area (Å²) in [6, 6.07) is 0. The third-order valence-electron chi connectivity index (χ3n) is 9.10. The summed E-state index contributed by atoms with van der Waals surface area (Å²) >= 11 is 0. The van der Waals surface area contributed by atoms with Crippen molar-refractivity contribution >= 4 is 19.8 Å². The molecule has 0 bridgehead atoms. The summed E-state index contributed by atoms with van der Waals surface area (Å²) < 4.78 is 31.9. The van der Waals surface area contributed by atoms with E-state index in [1.54, 1.807) is 0 Å². The van der Waals surface area contributed by atoms with E-state index < -0.39 is 26.5 Å². The van der Waals surface area contributed by atoms with E-state index in [0.29, 0.717) is 6.42 Å². The van der Waals surface area contributed by atoms with Crippen molar-refractivity contribution in [1.29, 1.82) is 0 Å². The zero-order chi connectivity index (χ0) is 35.4. The fourth-order valence-electron chi connectivity index (χ4n) is 5.95. The normalized spacial score (nSPS) is 13.3. The fourth-order valence-corrected chi connectivity index (χ4v) is 6.41. The molecule has 0 aliphatic heterocycles. The van der Waals surface area contributed by atoms with Crippen LogP contribution in [0.1, 0.15) is 213 Å². The molecule has 0 radical (unpaired) electrons. The van der Waals surface area contributed by atoms with E-state index in [2.05, 4.69) is 18.4 Å². The standard InChI is InChI=1S/C39H77O8P/c1-4-6-8-10-12-14-16-18-20-22-24-26-28-30-32-34-39(41)47-37(36-46-48(42,43)44-3)35-45-38(40)33-31-29-27-25-23-21-19-17-15-13-11-9-7-5-2/h37H,4-36H2,1-3H3,(H,42,43). The fraction of sp³-hybridized carbons (Fsp3) is 0.949. The van der Waals surface area contributed by atoms with Crippen molar-refractivity contribution in [3.63, 3.8) is 0 Å².